The van der Waals surface area contributed by atoms with Crippen LogP contribution in [0.1, 0.15) is 55.0 Å². The van der Waals surface area contributed by atoms with E-state index < -0.39 is 5.82 Å². The first-order valence-electron chi connectivity index (χ1n) is 12.9. The third-order valence-corrected chi connectivity index (χ3v) is 7.45. The zero-order chi connectivity index (χ0) is 26.3. The van der Waals surface area contributed by atoms with E-state index in [1.54, 1.807) is 17.0 Å². The van der Waals surface area contributed by atoms with Crippen LogP contribution in [0.4, 0.5) is 14.5 Å². The van der Waals surface area contributed by atoms with E-state index in [0.29, 0.717) is 23.4 Å². The van der Waals surface area contributed by atoms with Crippen molar-refractivity contribution in [2.45, 2.75) is 52.0 Å². The molecule has 1 aromatic heterocycles. The predicted molar refractivity (Wildman–Crippen MR) is 141 cm³/mol. The van der Waals surface area contributed by atoms with Gasteiger partial charge in [0.15, 0.2) is 18.2 Å². The van der Waals surface area contributed by atoms with E-state index in [4.69, 9.17) is 9.72 Å². The van der Waals surface area contributed by atoms with Crippen molar-refractivity contribution in [3.05, 3.63) is 76.5 Å². The van der Waals surface area contributed by atoms with Gasteiger partial charge in [0.1, 0.15) is 5.82 Å². The lowest BCUT2D eigenvalue weighted by atomic mass is 9.88. The summed E-state index contributed by atoms with van der Waals surface area (Å²) in [6.07, 6.45) is 2.40. The average Bonchev–Trinajstić information content (AvgIpc) is 2.85. The maximum Gasteiger partial charge on any atom is 0.265 e. The van der Waals surface area contributed by atoms with Crippen molar-refractivity contribution < 1.29 is 18.3 Å². The highest BCUT2D eigenvalue weighted by Gasteiger charge is 2.31. The molecule has 37 heavy (non-hydrogen) atoms. The van der Waals surface area contributed by atoms with Gasteiger partial charge in [0.25, 0.3) is 5.91 Å². The second-order valence-electron chi connectivity index (χ2n) is 10.5. The molecule has 5 nitrogen and oxygen atoms in total. The van der Waals surface area contributed by atoms with E-state index in [9.17, 15) is 4.79 Å². The van der Waals surface area contributed by atoms with E-state index in [-0.39, 0.29) is 36.0 Å². The number of aryl methyl sites for hydroxylation is 1. The quantitative estimate of drug-likeness (QED) is 0.435. The number of fused-ring (bicyclic) bond motifs is 1. The minimum atomic E-state index is -0.524. The van der Waals surface area contributed by atoms with Crippen molar-refractivity contribution in [1.82, 2.24) is 9.88 Å². The van der Waals surface area contributed by atoms with Crippen molar-refractivity contribution in [3.63, 3.8) is 0 Å². The number of likely N-dealkylation sites (tertiary alicyclic amines) is 1. The lowest BCUT2D eigenvalue weighted by molar-refractivity contribution is -0.121. The summed E-state index contributed by atoms with van der Waals surface area (Å²) in [5, 5.41) is 0. The SMILES string of the molecule is Cc1ccc(Cc2ccc(C3CCN(C)CC3)c(F)c2)nc1-c1cc(F)c2c(c1)N(C(C)C)C(=O)CO2. The number of anilines is 1. The molecule has 0 spiro atoms. The van der Waals surface area contributed by atoms with Gasteiger partial charge in [-0.15, -0.1) is 0 Å². The second kappa shape index (κ2) is 10.2. The molecule has 2 aliphatic heterocycles. The number of ether oxygens (including phenoxy) is 1. The van der Waals surface area contributed by atoms with Gasteiger partial charge in [-0.05, 0) is 101 Å². The number of carbonyl (C=O) groups excluding carboxylic acids is 1. The molecule has 0 unspecified atom stereocenters. The summed E-state index contributed by atoms with van der Waals surface area (Å²) >= 11 is 0. The fourth-order valence-electron chi connectivity index (χ4n) is 5.44. The molecule has 3 heterocycles. The Morgan fingerprint density at radius 1 is 1.05 bits per heavy atom. The first kappa shape index (κ1) is 25.3. The third kappa shape index (κ3) is 5.10. The smallest absolute Gasteiger partial charge is 0.265 e. The van der Waals surface area contributed by atoms with E-state index in [1.165, 1.54) is 6.07 Å². The van der Waals surface area contributed by atoms with Crippen LogP contribution >= 0.6 is 0 Å². The minimum Gasteiger partial charge on any atom is -0.478 e. The van der Waals surface area contributed by atoms with Gasteiger partial charge in [-0.1, -0.05) is 18.2 Å². The summed E-state index contributed by atoms with van der Waals surface area (Å²) in [5.74, 6) is -0.540. The standard InChI is InChI=1S/C30H33F2N3O2/c1-18(2)35-27-16-22(15-26(32)30(27)37-17-28(35)36)29-19(3)5-7-23(33-29)13-20-6-8-24(25(31)14-20)21-9-11-34(4)12-10-21/h5-8,14-16,18,21H,9-13,17H2,1-4H3. The number of rotatable bonds is 5. The zero-order valence-corrected chi connectivity index (χ0v) is 21.9. The highest BCUT2D eigenvalue weighted by atomic mass is 19.1. The van der Waals surface area contributed by atoms with E-state index in [1.807, 2.05) is 45.0 Å². The number of amides is 1. The van der Waals surface area contributed by atoms with Gasteiger partial charge in [-0.2, -0.15) is 0 Å². The van der Waals surface area contributed by atoms with Crippen LogP contribution in [-0.2, 0) is 11.2 Å². The van der Waals surface area contributed by atoms with Crippen molar-refractivity contribution >= 4 is 11.6 Å². The molecule has 0 saturated carbocycles. The molecule has 0 N–H and O–H groups in total. The molecule has 0 aliphatic carbocycles. The normalized spacial score (nSPS) is 16.7. The van der Waals surface area contributed by atoms with Crippen LogP contribution in [-0.4, -0.2) is 48.6 Å². The maximum atomic E-state index is 15.1. The van der Waals surface area contributed by atoms with E-state index in [2.05, 4.69) is 11.9 Å². The third-order valence-electron chi connectivity index (χ3n) is 7.45. The van der Waals surface area contributed by atoms with Crippen LogP contribution in [0.3, 0.4) is 0 Å². The molecule has 3 aromatic rings. The molecular weight excluding hydrogens is 472 g/mol. The predicted octanol–water partition coefficient (Wildman–Crippen LogP) is 5.87. The molecule has 5 rings (SSSR count). The number of piperidine rings is 1. The largest absolute Gasteiger partial charge is 0.478 e. The van der Waals surface area contributed by atoms with Crippen LogP contribution < -0.4 is 9.64 Å². The molecule has 194 valence electrons. The average molecular weight is 506 g/mol. The number of aromatic nitrogens is 1. The fourth-order valence-corrected chi connectivity index (χ4v) is 5.44. The molecule has 7 heteroatoms. The van der Waals surface area contributed by atoms with Crippen LogP contribution in [0.5, 0.6) is 5.75 Å². The molecule has 2 aliphatic rings. The Bertz CT molecular complexity index is 1330. The molecule has 1 amide bonds. The Morgan fingerprint density at radius 3 is 2.51 bits per heavy atom. The number of benzene rings is 2. The molecule has 1 fully saturated rings. The minimum absolute atomic E-state index is 0.0889. The summed E-state index contributed by atoms with van der Waals surface area (Å²) in [7, 11) is 2.10. The van der Waals surface area contributed by atoms with Gasteiger partial charge in [0, 0.05) is 23.7 Å². The topological polar surface area (TPSA) is 45.7 Å². The summed E-state index contributed by atoms with van der Waals surface area (Å²) in [6, 6.07) is 12.4. The first-order valence-corrected chi connectivity index (χ1v) is 12.9. The highest BCUT2D eigenvalue weighted by molar-refractivity contribution is 5.99. The fraction of sp³-hybridized carbons (Fsp3) is 0.400. The van der Waals surface area contributed by atoms with Crippen molar-refractivity contribution in [1.29, 1.82) is 0 Å². The molecule has 2 aromatic carbocycles. The lowest BCUT2D eigenvalue weighted by Gasteiger charge is -2.33. The van der Waals surface area contributed by atoms with Gasteiger partial charge < -0.3 is 14.5 Å². The Morgan fingerprint density at radius 2 is 1.81 bits per heavy atom. The van der Waals surface area contributed by atoms with Gasteiger partial charge in [0.2, 0.25) is 0 Å². The Kier molecular flexibility index (Phi) is 6.99. The summed E-state index contributed by atoms with van der Waals surface area (Å²) in [4.78, 5) is 21.2. The Balaban J connectivity index is 1.43. The van der Waals surface area contributed by atoms with Gasteiger partial charge in [0.05, 0.1) is 11.4 Å². The van der Waals surface area contributed by atoms with Gasteiger partial charge >= 0.3 is 0 Å². The number of hydrogen-bond donors (Lipinski definition) is 0. The van der Waals surface area contributed by atoms with E-state index >= 15 is 8.78 Å². The number of pyridine rings is 1. The first-order chi connectivity index (χ1) is 17.7. The van der Waals surface area contributed by atoms with Gasteiger partial charge in [-0.25, -0.2) is 8.78 Å². The number of carbonyl (C=O) groups is 1. The highest BCUT2D eigenvalue weighted by Crippen LogP contribution is 2.40. The molecule has 1 saturated heterocycles. The zero-order valence-electron chi connectivity index (χ0n) is 21.9. The number of halogens is 2. The molecular formula is C30H33F2N3O2. The van der Waals surface area contributed by atoms with Crippen molar-refractivity contribution in [2.75, 3.05) is 31.6 Å². The maximum absolute atomic E-state index is 15.1. The lowest BCUT2D eigenvalue weighted by Crippen LogP contribution is -2.43. The summed E-state index contributed by atoms with van der Waals surface area (Å²) in [6.45, 7) is 7.49. The van der Waals surface area contributed by atoms with Crippen LogP contribution in [0, 0.1) is 18.6 Å². The molecule has 0 atom stereocenters. The molecule has 0 radical (unpaired) electrons. The monoisotopic (exact) mass is 505 g/mol. The van der Waals surface area contributed by atoms with Crippen LogP contribution in [0.15, 0.2) is 42.5 Å². The van der Waals surface area contributed by atoms with Crippen molar-refractivity contribution in [3.8, 4) is 17.0 Å². The number of nitrogens with zero attached hydrogens (tertiary/aromatic N) is 3. The summed E-state index contributed by atoms with van der Waals surface area (Å²) < 4.78 is 35.6. The Labute approximate surface area is 217 Å². The second-order valence-corrected chi connectivity index (χ2v) is 10.5. The number of hydrogen-bond acceptors (Lipinski definition) is 4. The van der Waals surface area contributed by atoms with E-state index in [0.717, 1.165) is 48.3 Å². The van der Waals surface area contributed by atoms with Crippen LogP contribution in [0.25, 0.3) is 11.3 Å². The van der Waals surface area contributed by atoms with Crippen molar-refractivity contribution in [2.24, 2.45) is 0 Å². The summed E-state index contributed by atoms with van der Waals surface area (Å²) in [5.41, 5.74) is 4.90. The Hall–Kier alpha value is -3.32. The van der Waals surface area contributed by atoms with Crippen LogP contribution in [0.2, 0.25) is 0 Å². The van der Waals surface area contributed by atoms with Gasteiger partial charge in [-0.3, -0.25) is 9.78 Å². The molecule has 0 bridgehead atoms.